The van der Waals surface area contributed by atoms with Crippen molar-refractivity contribution in [2.45, 2.75) is 39.7 Å². The maximum atomic E-state index is 5.53. The van der Waals surface area contributed by atoms with E-state index in [-0.39, 0.29) is 0 Å². The third kappa shape index (κ3) is 2.84. The summed E-state index contributed by atoms with van der Waals surface area (Å²) in [5.41, 5.74) is 5.53. The smallest absolute Gasteiger partial charge is 0.109 e. The van der Waals surface area contributed by atoms with Crippen LogP contribution in [0.4, 0.5) is 0 Å². The number of aromatic nitrogens is 2. The second-order valence-corrected chi connectivity index (χ2v) is 3.72. The highest BCUT2D eigenvalue weighted by Gasteiger charge is 2.07. The molecule has 0 saturated carbocycles. The zero-order valence-electron chi connectivity index (χ0n) is 9.24. The predicted molar refractivity (Wildman–Crippen MR) is 59.1 cm³/mol. The van der Waals surface area contributed by atoms with Crippen molar-refractivity contribution in [2.24, 2.45) is 11.7 Å². The Morgan fingerprint density at radius 1 is 1.43 bits per heavy atom. The summed E-state index contributed by atoms with van der Waals surface area (Å²) in [6.45, 7) is 6.25. The van der Waals surface area contributed by atoms with Gasteiger partial charge in [0.1, 0.15) is 5.82 Å². The Morgan fingerprint density at radius 2 is 2.14 bits per heavy atom. The van der Waals surface area contributed by atoms with E-state index in [1.807, 2.05) is 6.20 Å². The largest absolute Gasteiger partial charge is 0.335 e. The van der Waals surface area contributed by atoms with Crippen LogP contribution in [-0.2, 0) is 13.0 Å². The Balaban J connectivity index is 2.60. The van der Waals surface area contributed by atoms with E-state index in [1.165, 1.54) is 12.8 Å². The fourth-order valence-corrected chi connectivity index (χ4v) is 1.69. The number of nitrogens with two attached hydrogens (primary N) is 1. The minimum absolute atomic E-state index is 0.680. The average Bonchev–Trinajstić information content (AvgIpc) is 2.62. The Bertz CT molecular complexity index is 251. The third-order valence-corrected chi connectivity index (χ3v) is 2.78. The molecule has 1 heterocycles. The maximum absolute atomic E-state index is 5.53. The summed E-state index contributed by atoms with van der Waals surface area (Å²) in [7, 11) is 0. The molecular formula is C11H21N3. The molecule has 0 aromatic carbocycles. The van der Waals surface area contributed by atoms with Crippen molar-refractivity contribution in [2.75, 3.05) is 6.54 Å². The lowest BCUT2D eigenvalue weighted by Crippen LogP contribution is -2.14. The van der Waals surface area contributed by atoms with Crippen LogP contribution in [0.3, 0.4) is 0 Å². The summed E-state index contributed by atoms with van der Waals surface area (Å²) in [4.78, 5) is 4.31. The van der Waals surface area contributed by atoms with Crippen molar-refractivity contribution < 1.29 is 0 Å². The first-order valence-electron chi connectivity index (χ1n) is 5.51. The third-order valence-electron chi connectivity index (χ3n) is 2.78. The SMILES string of the molecule is CCC(CC)Cn1ccnc1CCN. The molecule has 14 heavy (non-hydrogen) atoms. The van der Waals surface area contributed by atoms with E-state index in [2.05, 4.69) is 29.6 Å². The quantitative estimate of drug-likeness (QED) is 0.752. The van der Waals surface area contributed by atoms with Crippen LogP contribution in [0.1, 0.15) is 32.5 Å². The van der Waals surface area contributed by atoms with Crippen LogP contribution in [0, 0.1) is 5.92 Å². The minimum atomic E-state index is 0.680. The van der Waals surface area contributed by atoms with E-state index < -0.39 is 0 Å². The van der Waals surface area contributed by atoms with Gasteiger partial charge in [-0.15, -0.1) is 0 Å². The number of hydrogen-bond donors (Lipinski definition) is 1. The molecule has 3 nitrogen and oxygen atoms in total. The lowest BCUT2D eigenvalue weighted by Gasteiger charge is -2.14. The number of imidazole rings is 1. The highest BCUT2D eigenvalue weighted by molar-refractivity contribution is 4.93. The molecule has 0 spiro atoms. The van der Waals surface area contributed by atoms with Gasteiger partial charge in [0.2, 0.25) is 0 Å². The molecule has 0 saturated heterocycles. The summed E-state index contributed by atoms with van der Waals surface area (Å²) >= 11 is 0. The Morgan fingerprint density at radius 3 is 2.71 bits per heavy atom. The highest BCUT2D eigenvalue weighted by Crippen LogP contribution is 2.12. The van der Waals surface area contributed by atoms with Gasteiger partial charge in [-0.25, -0.2) is 4.98 Å². The fourth-order valence-electron chi connectivity index (χ4n) is 1.69. The van der Waals surface area contributed by atoms with Crippen LogP contribution in [0.5, 0.6) is 0 Å². The molecule has 0 unspecified atom stereocenters. The second-order valence-electron chi connectivity index (χ2n) is 3.72. The van der Waals surface area contributed by atoms with E-state index in [9.17, 15) is 0 Å². The van der Waals surface area contributed by atoms with Gasteiger partial charge in [-0.1, -0.05) is 26.7 Å². The molecule has 0 fully saturated rings. The monoisotopic (exact) mass is 195 g/mol. The van der Waals surface area contributed by atoms with Crippen LogP contribution in [0.25, 0.3) is 0 Å². The molecule has 0 bridgehead atoms. The Labute approximate surface area is 86.3 Å². The molecule has 0 amide bonds. The summed E-state index contributed by atoms with van der Waals surface area (Å²) in [6, 6.07) is 0. The fraction of sp³-hybridized carbons (Fsp3) is 0.727. The van der Waals surface area contributed by atoms with Crippen LogP contribution in [-0.4, -0.2) is 16.1 Å². The molecule has 0 aliphatic rings. The molecule has 0 radical (unpaired) electrons. The van der Waals surface area contributed by atoms with Crippen LogP contribution in [0.2, 0.25) is 0 Å². The Hall–Kier alpha value is -0.830. The topological polar surface area (TPSA) is 43.8 Å². The first kappa shape index (κ1) is 11.2. The average molecular weight is 195 g/mol. The Kier molecular flexibility index (Phi) is 4.66. The summed E-state index contributed by atoms with van der Waals surface area (Å²) in [5.74, 6) is 1.89. The summed E-state index contributed by atoms with van der Waals surface area (Å²) in [5, 5.41) is 0. The van der Waals surface area contributed by atoms with Gasteiger partial charge in [-0.2, -0.15) is 0 Å². The zero-order valence-corrected chi connectivity index (χ0v) is 9.24. The predicted octanol–water partition coefficient (Wildman–Crippen LogP) is 1.82. The van der Waals surface area contributed by atoms with Gasteiger partial charge < -0.3 is 10.3 Å². The molecule has 80 valence electrons. The highest BCUT2D eigenvalue weighted by atomic mass is 15.1. The molecule has 0 aliphatic heterocycles. The van der Waals surface area contributed by atoms with E-state index in [1.54, 1.807) is 0 Å². The lowest BCUT2D eigenvalue weighted by atomic mass is 10.0. The molecule has 0 aliphatic carbocycles. The molecule has 1 rings (SSSR count). The van der Waals surface area contributed by atoms with E-state index in [0.717, 1.165) is 24.7 Å². The van der Waals surface area contributed by atoms with E-state index in [0.29, 0.717) is 6.54 Å². The van der Waals surface area contributed by atoms with Crippen molar-refractivity contribution in [3.63, 3.8) is 0 Å². The lowest BCUT2D eigenvalue weighted by molar-refractivity contribution is 0.411. The maximum Gasteiger partial charge on any atom is 0.109 e. The second kappa shape index (κ2) is 5.81. The van der Waals surface area contributed by atoms with Gasteiger partial charge in [0.05, 0.1) is 0 Å². The van der Waals surface area contributed by atoms with Gasteiger partial charge in [-0.3, -0.25) is 0 Å². The van der Waals surface area contributed by atoms with Crippen LogP contribution >= 0.6 is 0 Å². The van der Waals surface area contributed by atoms with Crippen molar-refractivity contribution in [1.82, 2.24) is 9.55 Å². The number of hydrogen-bond acceptors (Lipinski definition) is 2. The van der Waals surface area contributed by atoms with E-state index in [4.69, 9.17) is 5.73 Å². The molecule has 2 N–H and O–H groups in total. The number of nitrogens with zero attached hydrogens (tertiary/aromatic N) is 2. The van der Waals surface area contributed by atoms with Gasteiger partial charge >= 0.3 is 0 Å². The molecule has 0 atom stereocenters. The summed E-state index contributed by atoms with van der Waals surface area (Å²) < 4.78 is 2.24. The van der Waals surface area contributed by atoms with Crippen molar-refractivity contribution in [3.8, 4) is 0 Å². The first-order chi connectivity index (χ1) is 6.81. The molecule has 1 aromatic heterocycles. The first-order valence-corrected chi connectivity index (χ1v) is 5.51. The van der Waals surface area contributed by atoms with E-state index >= 15 is 0 Å². The van der Waals surface area contributed by atoms with Crippen molar-refractivity contribution >= 4 is 0 Å². The van der Waals surface area contributed by atoms with Crippen LogP contribution < -0.4 is 5.73 Å². The molecular weight excluding hydrogens is 174 g/mol. The number of rotatable bonds is 6. The van der Waals surface area contributed by atoms with Gasteiger partial charge in [-0.05, 0) is 12.5 Å². The zero-order chi connectivity index (χ0) is 10.4. The summed E-state index contributed by atoms with van der Waals surface area (Å²) in [6.07, 6.45) is 7.28. The molecule has 3 heteroatoms. The van der Waals surface area contributed by atoms with Gasteiger partial charge in [0.15, 0.2) is 0 Å². The van der Waals surface area contributed by atoms with Crippen LogP contribution in [0.15, 0.2) is 12.4 Å². The van der Waals surface area contributed by atoms with Crippen molar-refractivity contribution in [1.29, 1.82) is 0 Å². The van der Waals surface area contributed by atoms with Gasteiger partial charge in [0.25, 0.3) is 0 Å². The minimum Gasteiger partial charge on any atom is -0.335 e. The van der Waals surface area contributed by atoms with Gasteiger partial charge in [0, 0.05) is 25.4 Å². The normalized spacial score (nSPS) is 11.1. The molecule has 1 aromatic rings. The van der Waals surface area contributed by atoms with Crippen molar-refractivity contribution in [3.05, 3.63) is 18.2 Å². The standard InChI is InChI=1S/C11H21N3/c1-3-10(4-2)9-14-8-7-13-11(14)5-6-12/h7-8,10H,3-6,9,12H2,1-2H3.